The number of rotatable bonds is 4. The van der Waals surface area contributed by atoms with Gasteiger partial charge in [-0.25, -0.2) is 4.79 Å². The summed E-state index contributed by atoms with van der Waals surface area (Å²) in [5.41, 5.74) is 0.690. The molecule has 0 bridgehead atoms. The van der Waals surface area contributed by atoms with Gasteiger partial charge >= 0.3 is 5.97 Å². The first-order chi connectivity index (χ1) is 9.80. The van der Waals surface area contributed by atoms with Crippen molar-refractivity contribution >= 4 is 17.6 Å². The van der Waals surface area contributed by atoms with Crippen molar-refractivity contribution in [1.29, 1.82) is 0 Å². The molecule has 0 amide bonds. The number of halogens is 1. The highest BCUT2D eigenvalue weighted by Crippen LogP contribution is 2.27. The second-order valence-electron chi connectivity index (χ2n) is 6.99. The Morgan fingerprint density at radius 1 is 1.24 bits per heavy atom. The second kappa shape index (κ2) is 6.37. The van der Waals surface area contributed by atoms with E-state index in [0.717, 1.165) is 47.5 Å². The smallest absolute Gasteiger partial charge is 0.362 e. The molecule has 1 aliphatic rings. The monoisotopic (exact) mass is 310 g/mol. The first-order valence-electron chi connectivity index (χ1n) is 7.60. The molecule has 0 aromatic heterocycles. The van der Waals surface area contributed by atoms with Crippen LogP contribution in [0, 0.1) is 0 Å². The van der Waals surface area contributed by atoms with Crippen LogP contribution < -0.4 is 0 Å². The molecule has 1 aromatic rings. The molecule has 1 saturated heterocycles. The first-order valence-corrected chi connectivity index (χ1v) is 7.98. The van der Waals surface area contributed by atoms with Gasteiger partial charge in [-0.2, -0.15) is 0 Å². The van der Waals surface area contributed by atoms with E-state index in [4.69, 9.17) is 16.3 Å². The highest BCUT2D eigenvalue weighted by molar-refractivity contribution is 6.31. The van der Waals surface area contributed by atoms with Gasteiger partial charge in [0, 0.05) is 23.4 Å². The molecule has 0 atom stereocenters. The maximum Gasteiger partial charge on any atom is 0.362 e. The van der Waals surface area contributed by atoms with Crippen molar-refractivity contribution in [3.8, 4) is 0 Å². The molecule has 21 heavy (non-hydrogen) atoms. The predicted molar refractivity (Wildman–Crippen MR) is 85.1 cm³/mol. The van der Waals surface area contributed by atoms with Gasteiger partial charge in [-0.05, 0) is 26.8 Å². The van der Waals surface area contributed by atoms with E-state index in [1.807, 2.05) is 39.0 Å². The zero-order valence-corrected chi connectivity index (χ0v) is 13.9. The summed E-state index contributed by atoms with van der Waals surface area (Å²) in [4.78, 5) is 12.2. The van der Waals surface area contributed by atoms with Crippen LogP contribution in [0.15, 0.2) is 24.3 Å². The van der Waals surface area contributed by atoms with Crippen LogP contribution in [-0.2, 0) is 16.1 Å². The van der Waals surface area contributed by atoms with Crippen molar-refractivity contribution in [2.24, 2.45) is 0 Å². The number of hydrogen-bond acceptors (Lipinski definition) is 2. The standard InChI is InChI=1S/C17H25ClNO2/c1-17(2,3)21-16(20)13-19(10-6-7-11-19)12-14-8-4-5-9-15(14)18/h4-5,8-9H,6-7,10-13H2,1-3H3/q+1. The molecule has 0 N–H and O–H groups in total. The molecule has 1 aliphatic heterocycles. The topological polar surface area (TPSA) is 26.3 Å². The summed E-state index contributed by atoms with van der Waals surface area (Å²) >= 11 is 6.28. The van der Waals surface area contributed by atoms with Crippen LogP contribution in [0.5, 0.6) is 0 Å². The van der Waals surface area contributed by atoms with Crippen molar-refractivity contribution < 1.29 is 14.0 Å². The number of benzene rings is 1. The van der Waals surface area contributed by atoms with E-state index in [9.17, 15) is 4.79 Å². The van der Waals surface area contributed by atoms with Crippen LogP contribution in [-0.4, -0.2) is 35.7 Å². The fourth-order valence-corrected chi connectivity index (χ4v) is 3.21. The third-order valence-corrected chi connectivity index (χ3v) is 4.23. The molecular formula is C17H25ClNO2+. The number of hydrogen-bond donors (Lipinski definition) is 0. The molecule has 1 aromatic carbocycles. The van der Waals surface area contributed by atoms with Crippen LogP contribution in [0.4, 0.5) is 0 Å². The summed E-state index contributed by atoms with van der Waals surface area (Å²) in [6.07, 6.45) is 2.32. The van der Waals surface area contributed by atoms with Crippen molar-refractivity contribution in [1.82, 2.24) is 0 Å². The minimum atomic E-state index is -0.425. The van der Waals surface area contributed by atoms with Crippen LogP contribution in [0.2, 0.25) is 5.02 Å². The Labute approximate surface area is 132 Å². The Bertz CT molecular complexity index is 502. The molecule has 3 nitrogen and oxygen atoms in total. The van der Waals surface area contributed by atoms with Gasteiger partial charge in [0.2, 0.25) is 0 Å². The number of esters is 1. The molecule has 0 unspecified atom stereocenters. The Hall–Kier alpha value is -1.06. The first kappa shape index (κ1) is 16.3. The quantitative estimate of drug-likeness (QED) is 0.625. The van der Waals surface area contributed by atoms with E-state index in [-0.39, 0.29) is 5.97 Å². The molecule has 1 heterocycles. The Kier molecular flexibility index (Phi) is 4.95. The van der Waals surface area contributed by atoms with Gasteiger partial charge < -0.3 is 9.22 Å². The summed E-state index contributed by atoms with van der Waals surface area (Å²) < 4.78 is 6.27. The largest absolute Gasteiger partial charge is 0.456 e. The molecular weight excluding hydrogens is 286 g/mol. The lowest BCUT2D eigenvalue weighted by molar-refractivity contribution is -0.922. The van der Waals surface area contributed by atoms with Gasteiger partial charge in [0.25, 0.3) is 0 Å². The summed E-state index contributed by atoms with van der Waals surface area (Å²) in [5.74, 6) is -0.114. The van der Waals surface area contributed by atoms with E-state index < -0.39 is 5.60 Å². The number of likely N-dealkylation sites (tertiary alicyclic amines) is 1. The molecule has 116 valence electrons. The van der Waals surface area contributed by atoms with Crippen LogP contribution >= 0.6 is 11.6 Å². The lowest BCUT2D eigenvalue weighted by Crippen LogP contribution is -2.49. The van der Waals surface area contributed by atoms with Crippen LogP contribution in [0.1, 0.15) is 39.2 Å². The predicted octanol–water partition coefficient (Wildman–Crippen LogP) is 3.79. The second-order valence-corrected chi connectivity index (χ2v) is 7.40. The number of quaternary nitrogens is 1. The molecule has 0 radical (unpaired) electrons. The van der Waals surface area contributed by atoms with Crippen molar-refractivity contribution in [2.75, 3.05) is 19.6 Å². The molecule has 1 fully saturated rings. The fraction of sp³-hybridized carbons (Fsp3) is 0.588. The molecule has 0 aliphatic carbocycles. The van der Waals surface area contributed by atoms with Crippen molar-refractivity contribution in [3.63, 3.8) is 0 Å². The molecule has 0 saturated carbocycles. The van der Waals surface area contributed by atoms with Crippen LogP contribution in [0.3, 0.4) is 0 Å². The van der Waals surface area contributed by atoms with Crippen LogP contribution in [0.25, 0.3) is 0 Å². The number of ether oxygens (including phenoxy) is 1. The maximum absolute atomic E-state index is 12.2. The van der Waals surface area contributed by atoms with Gasteiger partial charge in [-0.15, -0.1) is 0 Å². The SMILES string of the molecule is CC(C)(C)OC(=O)C[N+]1(Cc2ccccc2Cl)CCCC1. The zero-order valence-electron chi connectivity index (χ0n) is 13.2. The summed E-state index contributed by atoms with van der Waals surface area (Å²) in [7, 11) is 0. The maximum atomic E-state index is 12.2. The number of nitrogens with zero attached hydrogens (tertiary/aromatic N) is 1. The third kappa shape index (κ3) is 4.72. The van der Waals surface area contributed by atoms with E-state index in [1.54, 1.807) is 0 Å². The number of carbonyl (C=O) groups excluding carboxylic acids is 1. The molecule has 2 rings (SSSR count). The van der Waals surface area contributed by atoms with E-state index in [2.05, 4.69) is 6.07 Å². The summed E-state index contributed by atoms with van der Waals surface area (Å²) in [5, 5.41) is 0.783. The van der Waals surface area contributed by atoms with E-state index in [1.165, 1.54) is 0 Å². The normalized spacial score (nSPS) is 17.7. The highest BCUT2D eigenvalue weighted by Gasteiger charge is 2.36. The fourth-order valence-electron chi connectivity index (χ4n) is 3.01. The van der Waals surface area contributed by atoms with Gasteiger partial charge in [-0.3, -0.25) is 0 Å². The van der Waals surface area contributed by atoms with Crippen molar-refractivity contribution in [2.45, 2.75) is 45.8 Å². The Morgan fingerprint density at radius 2 is 1.86 bits per heavy atom. The Balaban J connectivity index is 2.10. The minimum absolute atomic E-state index is 0.114. The summed E-state index contributed by atoms with van der Waals surface area (Å²) in [6.45, 7) is 9.00. The van der Waals surface area contributed by atoms with Gasteiger partial charge in [0.1, 0.15) is 12.1 Å². The minimum Gasteiger partial charge on any atom is -0.456 e. The number of carbonyl (C=O) groups is 1. The van der Waals surface area contributed by atoms with Gasteiger partial charge in [0.05, 0.1) is 13.1 Å². The lowest BCUT2D eigenvalue weighted by Gasteiger charge is -2.34. The lowest BCUT2D eigenvalue weighted by atomic mass is 10.1. The third-order valence-electron chi connectivity index (χ3n) is 3.86. The molecule has 0 spiro atoms. The van der Waals surface area contributed by atoms with E-state index >= 15 is 0 Å². The van der Waals surface area contributed by atoms with E-state index in [0.29, 0.717) is 6.54 Å². The van der Waals surface area contributed by atoms with Gasteiger partial charge in [0.15, 0.2) is 6.54 Å². The highest BCUT2D eigenvalue weighted by atomic mass is 35.5. The summed E-state index contributed by atoms with van der Waals surface area (Å²) in [6, 6.07) is 7.90. The van der Waals surface area contributed by atoms with Gasteiger partial charge in [-0.1, -0.05) is 29.8 Å². The Morgan fingerprint density at radius 3 is 2.43 bits per heavy atom. The zero-order chi connectivity index (χ0) is 15.5. The molecule has 4 heteroatoms. The average Bonchev–Trinajstić information content (AvgIpc) is 2.78. The van der Waals surface area contributed by atoms with Crippen molar-refractivity contribution in [3.05, 3.63) is 34.9 Å². The average molecular weight is 311 g/mol.